The van der Waals surface area contributed by atoms with Gasteiger partial charge in [0.05, 0.1) is 5.92 Å². The van der Waals surface area contributed by atoms with Crippen LogP contribution in [-0.2, 0) is 4.79 Å². The normalized spacial score (nSPS) is 21.5. The van der Waals surface area contributed by atoms with E-state index in [4.69, 9.17) is 16.0 Å². The minimum Gasteiger partial charge on any atom is -0.423 e. The highest BCUT2D eigenvalue weighted by atomic mass is 35.5. The van der Waals surface area contributed by atoms with Crippen LogP contribution in [0.25, 0.3) is 11.1 Å². The number of hydrogen-bond acceptors (Lipinski definition) is 5. The van der Waals surface area contributed by atoms with Gasteiger partial charge in [0.25, 0.3) is 6.01 Å². The van der Waals surface area contributed by atoms with Crippen LogP contribution >= 0.6 is 36.4 Å². The number of nitrogens with one attached hydrogen (secondary N) is 2. The molecule has 3 heterocycles. The maximum atomic E-state index is 12.8. The molecule has 0 radical (unpaired) electrons. The first-order valence-electron chi connectivity index (χ1n) is 9.36. The summed E-state index contributed by atoms with van der Waals surface area (Å²) in [7, 11) is 0. The van der Waals surface area contributed by atoms with E-state index in [1.807, 2.05) is 6.07 Å². The van der Waals surface area contributed by atoms with Gasteiger partial charge in [-0.1, -0.05) is 11.6 Å². The lowest BCUT2D eigenvalue weighted by molar-refractivity contribution is -0.127. The van der Waals surface area contributed by atoms with Crippen molar-refractivity contribution >= 4 is 59.4 Å². The number of nitrogens with zero attached hydrogens (tertiary/aromatic N) is 2. The molecule has 2 fully saturated rings. The molecule has 9 heteroatoms. The van der Waals surface area contributed by atoms with E-state index >= 15 is 0 Å². The molecule has 6 nitrogen and oxygen atoms in total. The zero-order valence-corrected chi connectivity index (χ0v) is 18.3. The van der Waals surface area contributed by atoms with Gasteiger partial charge in [-0.15, -0.1) is 24.8 Å². The third kappa shape index (κ3) is 5.03. The highest BCUT2D eigenvalue weighted by Gasteiger charge is 2.33. The number of oxazole rings is 1. The van der Waals surface area contributed by atoms with Gasteiger partial charge in [0.1, 0.15) is 5.52 Å². The maximum absolute atomic E-state index is 12.8. The lowest BCUT2D eigenvalue weighted by atomic mass is 9.88. The van der Waals surface area contributed by atoms with E-state index in [0.29, 0.717) is 17.6 Å². The van der Waals surface area contributed by atoms with Crippen molar-refractivity contribution in [1.29, 1.82) is 0 Å². The summed E-state index contributed by atoms with van der Waals surface area (Å²) in [6, 6.07) is 6.01. The van der Waals surface area contributed by atoms with Crippen LogP contribution < -0.4 is 15.5 Å². The molecule has 0 saturated carbocycles. The van der Waals surface area contributed by atoms with Crippen LogP contribution in [0.15, 0.2) is 22.6 Å². The number of piperidine rings is 2. The predicted molar refractivity (Wildman–Crippen MR) is 117 cm³/mol. The van der Waals surface area contributed by atoms with E-state index in [2.05, 4.69) is 27.4 Å². The minimum atomic E-state index is -0.0982. The first-order chi connectivity index (χ1) is 12.5. The van der Waals surface area contributed by atoms with Crippen LogP contribution in [-0.4, -0.2) is 42.6 Å². The summed E-state index contributed by atoms with van der Waals surface area (Å²) in [5.74, 6) is 0.118. The highest BCUT2D eigenvalue weighted by Crippen LogP contribution is 2.28. The van der Waals surface area contributed by atoms with E-state index in [1.165, 1.54) is 0 Å². The zero-order chi connectivity index (χ0) is 18.1. The van der Waals surface area contributed by atoms with Gasteiger partial charge in [-0.05, 0) is 63.9 Å². The molecule has 2 aromatic rings. The topological polar surface area (TPSA) is 70.4 Å². The predicted octanol–water partition coefficient (Wildman–Crippen LogP) is 3.80. The number of carbonyl (C=O) groups excluding carboxylic acids is 1. The monoisotopic (exact) mass is 448 g/mol. The molecule has 0 bridgehead atoms. The van der Waals surface area contributed by atoms with Crippen molar-refractivity contribution in [1.82, 2.24) is 15.6 Å². The molecule has 2 N–H and O–H groups in total. The molecule has 1 atom stereocenters. The number of fused-ring (bicyclic) bond motifs is 1. The standard InChI is InChI=1S/C19H25ClN4O2.2ClH/c1-19(6-8-21-9-7-19)23-17(25)13-3-2-10-24(12-13)18-22-15-11-14(20)4-5-16(15)26-18;;/h4-5,11,13,21H,2-3,6-10,12H2,1H3,(H,23,25);2*1H. The second-order valence-corrected chi connectivity index (χ2v) is 8.13. The number of hydrogen-bond donors (Lipinski definition) is 2. The third-order valence-electron chi connectivity index (χ3n) is 5.53. The van der Waals surface area contributed by atoms with Crippen LogP contribution in [0.2, 0.25) is 5.02 Å². The Bertz CT molecular complexity index is 808. The summed E-state index contributed by atoms with van der Waals surface area (Å²) in [5.41, 5.74) is 1.37. The summed E-state index contributed by atoms with van der Waals surface area (Å²) >= 11 is 6.03. The Morgan fingerprint density at radius 2 is 2.11 bits per heavy atom. The molecule has 2 aliphatic heterocycles. The van der Waals surface area contributed by atoms with Gasteiger partial charge in [-0.2, -0.15) is 4.98 Å². The van der Waals surface area contributed by atoms with E-state index in [9.17, 15) is 4.79 Å². The van der Waals surface area contributed by atoms with Crippen LogP contribution in [0.5, 0.6) is 0 Å². The van der Waals surface area contributed by atoms with Crippen LogP contribution in [0, 0.1) is 5.92 Å². The fourth-order valence-corrected chi connectivity index (χ4v) is 4.06. The lowest BCUT2D eigenvalue weighted by Gasteiger charge is -2.38. The van der Waals surface area contributed by atoms with Gasteiger partial charge in [0.2, 0.25) is 5.91 Å². The Hall–Kier alpha value is -1.21. The Morgan fingerprint density at radius 1 is 1.36 bits per heavy atom. The number of carbonyl (C=O) groups is 1. The second kappa shape index (κ2) is 9.53. The number of amides is 1. The number of halogens is 3. The SMILES string of the molecule is CC1(NC(=O)C2CCCN(c3nc4cc(Cl)ccc4o3)C2)CCNCC1.Cl.Cl. The van der Waals surface area contributed by atoms with Gasteiger partial charge >= 0.3 is 0 Å². The van der Waals surface area contributed by atoms with Crippen molar-refractivity contribution in [2.75, 3.05) is 31.1 Å². The van der Waals surface area contributed by atoms with E-state index < -0.39 is 0 Å². The third-order valence-corrected chi connectivity index (χ3v) is 5.77. The molecule has 2 aliphatic rings. The van der Waals surface area contributed by atoms with Crippen molar-refractivity contribution < 1.29 is 9.21 Å². The number of anilines is 1. The Balaban J connectivity index is 0.00000140. The molecule has 4 rings (SSSR count). The summed E-state index contributed by atoms with van der Waals surface area (Å²) < 4.78 is 5.88. The van der Waals surface area contributed by atoms with Crippen molar-refractivity contribution in [3.8, 4) is 0 Å². The molecular weight excluding hydrogens is 423 g/mol. The average molecular weight is 450 g/mol. The van der Waals surface area contributed by atoms with E-state index in [0.717, 1.165) is 56.4 Å². The van der Waals surface area contributed by atoms with Gasteiger partial charge in [-0.25, -0.2) is 0 Å². The quantitative estimate of drug-likeness (QED) is 0.746. The minimum absolute atomic E-state index is 0. The highest BCUT2D eigenvalue weighted by molar-refractivity contribution is 6.31. The van der Waals surface area contributed by atoms with Crippen LogP contribution in [0.3, 0.4) is 0 Å². The summed E-state index contributed by atoms with van der Waals surface area (Å²) in [6.07, 6.45) is 3.81. The summed E-state index contributed by atoms with van der Waals surface area (Å²) in [6.45, 7) is 5.56. The summed E-state index contributed by atoms with van der Waals surface area (Å²) in [4.78, 5) is 19.5. The molecule has 1 amide bonds. The number of benzene rings is 1. The van der Waals surface area contributed by atoms with Gasteiger partial charge < -0.3 is 20.0 Å². The van der Waals surface area contributed by atoms with Gasteiger partial charge in [-0.3, -0.25) is 4.79 Å². The van der Waals surface area contributed by atoms with Crippen molar-refractivity contribution in [3.63, 3.8) is 0 Å². The molecule has 1 aromatic carbocycles. The van der Waals surface area contributed by atoms with Crippen LogP contribution in [0.4, 0.5) is 6.01 Å². The van der Waals surface area contributed by atoms with Crippen LogP contribution in [0.1, 0.15) is 32.6 Å². The smallest absolute Gasteiger partial charge is 0.298 e. The van der Waals surface area contributed by atoms with E-state index in [-0.39, 0.29) is 42.2 Å². The zero-order valence-electron chi connectivity index (χ0n) is 15.9. The molecule has 28 heavy (non-hydrogen) atoms. The van der Waals surface area contributed by atoms with Gasteiger partial charge in [0, 0.05) is 23.7 Å². The fourth-order valence-electron chi connectivity index (χ4n) is 3.89. The average Bonchev–Trinajstić information content (AvgIpc) is 3.05. The Kier molecular flexibility index (Phi) is 7.85. The number of rotatable bonds is 3. The van der Waals surface area contributed by atoms with Crippen molar-refractivity contribution in [3.05, 3.63) is 23.2 Å². The fraction of sp³-hybridized carbons (Fsp3) is 0.579. The molecule has 1 unspecified atom stereocenters. The van der Waals surface area contributed by atoms with Gasteiger partial charge in [0.15, 0.2) is 5.58 Å². The Morgan fingerprint density at radius 3 is 2.86 bits per heavy atom. The Labute approximate surface area is 182 Å². The van der Waals surface area contributed by atoms with Crippen molar-refractivity contribution in [2.24, 2.45) is 5.92 Å². The summed E-state index contributed by atoms with van der Waals surface area (Å²) in [5, 5.41) is 7.29. The molecular formula is C19H27Cl3N4O2. The first-order valence-corrected chi connectivity index (χ1v) is 9.74. The molecule has 2 saturated heterocycles. The number of aromatic nitrogens is 1. The lowest BCUT2D eigenvalue weighted by Crippen LogP contribution is -2.55. The first kappa shape index (κ1) is 23.1. The molecule has 156 valence electrons. The van der Waals surface area contributed by atoms with E-state index in [1.54, 1.807) is 12.1 Å². The largest absolute Gasteiger partial charge is 0.423 e. The maximum Gasteiger partial charge on any atom is 0.298 e. The molecule has 1 aromatic heterocycles. The van der Waals surface area contributed by atoms with Crippen molar-refractivity contribution in [2.45, 2.75) is 38.1 Å². The molecule has 0 spiro atoms. The molecule has 0 aliphatic carbocycles. The second-order valence-electron chi connectivity index (χ2n) is 7.69.